The van der Waals surface area contributed by atoms with Gasteiger partial charge >= 0.3 is 5.97 Å². The summed E-state index contributed by atoms with van der Waals surface area (Å²) in [7, 11) is 1.79. The lowest BCUT2D eigenvalue weighted by atomic mass is 9.94. The first-order chi connectivity index (χ1) is 9.04. The summed E-state index contributed by atoms with van der Waals surface area (Å²) in [6, 6.07) is 5.93. The molecule has 1 atom stereocenters. The lowest BCUT2D eigenvalue weighted by molar-refractivity contribution is -0.141. The van der Waals surface area contributed by atoms with Gasteiger partial charge in [0.15, 0.2) is 0 Å². The number of aliphatic carboxylic acids is 1. The summed E-state index contributed by atoms with van der Waals surface area (Å²) in [5.74, 6) is -1.70. The van der Waals surface area contributed by atoms with E-state index < -0.39 is 11.9 Å². The Labute approximate surface area is 110 Å². The summed E-state index contributed by atoms with van der Waals surface area (Å²) < 4.78 is 14.4. The first-order valence-electron chi connectivity index (χ1n) is 5.99. The van der Waals surface area contributed by atoms with Crippen molar-refractivity contribution in [3.63, 3.8) is 0 Å². The number of carbonyl (C=O) groups is 1. The van der Waals surface area contributed by atoms with Crippen LogP contribution >= 0.6 is 0 Å². The Morgan fingerprint density at radius 2 is 1.95 bits per heavy atom. The van der Waals surface area contributed by atoms with Gasteiger partial charge in [-0.3, -0.25) is 9.48 Å². The van der Waals surface area contributed by atoms with E-state index in [1.165, 1.54) is 12.1 Å². The molecule has 1 aromatic heterocycles. The highest BCUT2D eigenvalue weighted by atomic mass is 19.1. The van der Waals surface area contributed by atoms with Gasteiger partial charge in [0.25, 0.3) is 0 Å². The van der Waals surface area contributed by atoms with Gasteiger partial charge in [0.1, 0.15) is 5.82 Å². The Bertz CT molecular complexity index is 563. The van der Waals surface area contributed by atoms with Crippen LogP contribution in [0.3, 0.4) is 0 Å². The molecule has 0 spiro atoms. The number of aromatic nitrogens is 2. The Morgan fingerprint density at radius 1 is 1.32 bits per heavy atom. The van der Waals surface area contributed by atoms with Crippen LogP contribution in [0.15, 0.2) is 36.7 Å². The summed E-state index contributed by atoms with van der Waals surface area (Å²) in [6.45, 7) is 0. The maximum atomic E-state index is 12.8. The quantitative estimate of drug-likeness (QED) is 0.897. The molecular weight excluding hydrogens is 247 g/mol. The van der Waals surface area contributed by atoms with E-state index in [2.05, 4.69) is 5.10 Å². The molecule has 1 aromatic carbocycles. The van der Waals surface area contributed by atoms with Crippen LogP contribution in [0.25, 0.3) is 0 Å². The first kappa shape index (κ1) is 13.3. The van der Waals surface area contributed by atoms with E-state index in [-0.39, 0.29) is 5.82 Å². The number of halogens is 1. The third kappa shape index (κ3) is 3.64. The molecule has 19 heavy (non-hydrogen) atoms. The van der Waals surface area contributed by atoms with Crippen LogP contribution in [-0.4, -0.2) is 20.9 Å². The Morgan fingerprint density at radius 3 is 2.47 bits per heavy atom. The molecule has 1 unspecified atom stereocenters. The number of nitrogens with zero attached hydrogens (tertiary/aromatic N) is 2. The van der Waals surface area contributed by atoms with Gasteiger partial charge in [0, 0.05) is 13.2 Å². The highest BCUT2D eigenvalue weighted by Crippen LogP contribution is 2.15. The van der Waals surface area contributed by atoms with Gasteiger partial charge < -0.3 is 5.11 Å². The van der Waals surface area contributed by atoms with Crippen LogP contribution < -0.4 is 0 Å². The summed E-state index contributed by atoms with van der Waals surface area (Å²) in [5, 5.41) is 13.3. The van der Waals surface area contributed by atoms with Crippen LogP contribution in [-0.2, 0) is 24.7 Å². The Hall–Kier alpha value is -2.17. The highest BCUT2D eigenvalue weighted by Gasteiger charge is 2.19. The molecule has 1 N–H and O–H groups in total. The maximum Gasteiger partial charge on any atom is 0.307 e. The second kappa shape index (κ2) is 5.65. The predicted molar refractivity (Wildman–Crippen MR) is 68.1 cm³/mol. The largest absolute Gasteiger partial charge is 0.481 e. The van der Waals surface area contributed by atoms with E-state index in [1.54, 1.807) is 36.3 Å². The van der Waals surface area contributed by atoms with Crippen molar-refractivity contribution in [1.82, 2.24) is 9.78 Å². The fourth-order valence-electron chi connectivity index (χ4n) is 2.01. The molecule has 0 fully saturated rings. The lowest BCUT2D eigenvalue weighted by Gasteiger charge is -2.11. The monoisotopic (exact) mass is 262 g/mol. The second-order valence-corrected chi connectivity index (χ2v) is 4.59. The van der Waals surface area contributed by atoms with Crippen molar-refractivity contribution < 1.29 is 14.3 Å². The summed E-state index contributed by atoms with van der Waals surface area (Å²) in [4.78, 5) is 11.3. The van der Waals surface area contributed by atoms with Crippen molar-refractivity contribution in [2.24, 2.45) is 13.0 Å². The van der Waals surface area contributed by atoms with E-state index in [9.17, 15) is 14.3 Å². The van der Waals surface area contributed by atoms with Gasteiger partial charge in [-0.05, 0) is 36.1 Å². The molecule has 0 saturated heterocycles. The smallest absolute Gasteiger partial charge is 0.307 e. The summed E-state index contributed by atoms with van der Waals surface area (Å²) >= 11 is 0. The van der Waals surface area contributed by atoms with Crippen molar-refractivity contribution in [3.8, 4) is 0 Å². The summed E-state index contributed by atoms with van der Waals surface area (Å²) in [6.07, 6.45) is 4.27. The minimum atomic E-state index is -0.854. The molecule has 0 bridgehead atoms. The van der Waals surface area contributed by atoms with Gasteiger partial charge in [-0.25, -0.2) is 4.39 Å². The summed E-state index contributed by atoms with van der Waals surface area (Å²) in [5.41, 5.74) is 1.70. The number of rotatable bonds is 5. The van der Waals surface area contributed by atoms with Gasteiger partial charge in [-0.15, -0.1) is 0 Å². The van der Waals surface area contributed by atoms with Crippen molar-refractivity contribution in [3.05, 3.63) is 53.6 Å². The van der Waals surface area contributed by atoms with Crippen LogP contribution in [0.2, 0.25) is 0 Å². The predicted octanol–water partition coefficient (Wildman–Crippen LogP) is 2.05. The zero-order chi connectivity index (χ0) is 13.8. The molecule has 1 heterocycles. The van der Waals surface area contributed by atoms with Gasteiger partial charge in [0.2, 0.25) is 0 Å². The molecule has 2 rings (SSSR count). The molecule has 0 radical (unpaired) electrons. The number of hydrogen-bond acceptors (Lipinski definition) is 2. The van der Waals surface area contributed by atoms with Crippen molar-refractivity contribution in [1.29, 1.82) is 0 Å². The molecule has 0 aliphatic heterocycles. The average Bonchev–Trinajstić information content (AvgIpc) is 2.76. The van der Waals surface area contributed by atoms with Crippen molar-refractivity contribution >= 4 is 5.97 Å². The molecule has 100 valence electrons. The van der Waals surface area contributed by atoms with Gasteiger partial charge in [-0.2, -0.15) is 5.10 Å². The number of carboxylic acids is 1. The van der Waals surface area contributed by atoms with E-state index in [4.69, 9.17) is 0 Å². The Balaban J connectivity index is 2.08. The normalized spacial score (nSPS) is 12.3. The molecule has 2 aromatic rings. The van der Waals surface area contributed by atoms with Gasteiger partial charge in [0.05, 0.1) is 12.1 Å². The number of hydrogen-bond donors (Lipinski definition) is 1. The van der Waals surface area contributed by atoms with Gasteiger partial charge in [-0.1, -0.05) is 12.1 Å². The van der Waals surface area contributed by atoms with E-state index in [1.807, 2.05) is 0 Å². The van der Waals surface area contributed by atoms with Crippen LogP contribution in [0.4, 0.5) is 4.39 Å². The number of carboxylic acid groups (broad SMARTS) is 1. The Kier molecular flexibility index (Phi) is 3.94. The topological polar surface area (TPSA) is 55.1 Å². The molecule has 0 aliphatic rings. The van der Waals surface area contributed by atoms with E-state index in [0.29, 0.717) is 12.8 Å². The molecule has 0 aliphatic carbocycles. The average molecular weight is 262 g/mol. The fourth-order valence-corrected chi connectivity index (χ4v) is 2.01. The molecular formula is C14H15FN2O2. The van der Waals surface area contributed by atoms with Crippen LogP contribution in [0.5, 0.6) is 0 Å². The molecule has 5 heteroatoms. The third-order valence-corrected chi connectivity index (χ3v) is 2.99. The fraction of sp³-hybridized carbons (Fsp3) is 0.286. The second-order valence-electron chi connectivity index (χ2n) is 4.59. The SMILES string of the molecule is Cn1cc(CC(Cc2ccc(F)cc2)C(=O)O)cn1. The number of benzene rings is 1. The number of aryl methyl sites for hydroxylation is 1. The molecule has 0 amide bonds. The first-order valence-corrected chi connectivity index (χ1v) is 5.99. The lowest BCUT2D eigenvalue weighted by Crippen LogP contribution is -2.19. The van der Waals surface area contributed by atoms with Crippen LogP contribution in [0, 0.1) is 11.7 Å². The zero-order valence-electron chi connectivity index (χ0n) is 10.6. The zero-order valence-corrected chi connectivity index (χ0v) is 10.6. The highest BCUT2D eigenvalue weighted by molar-refractivity contribution is 5.70. The van der Waals surface area contributed by atoms with Crippen molar-refractivity contribution in [2.45, 2.75) is 12.8 Å². The maximum absolute atomic E-state index is 12.8. The third-order valence-electron chi connectivity index (χ3n) is 2.99. The standard InChI is InChI=1S/C14H15FN2O2/c1-17-9-11(8-16-17)7-12(14(18)19)6-10-2-4-13(15)5-3-10/h2-5,8-9,12H,6-7H2,1H3,(H,18,19). The molecule has 0 saturated carbocycles. The molecule has 4 nitrogen and oxygen atoms in total. The minimum absolute atomic E-state index is 0.317. The minimum Gasteiger partial charge on any atom is -0.481 e. The van der Waals surface area contributed by atoms with E-state index >= 15 is 0 Å². The van der Waals surface area contributed by atoms with Crippen molar-refractivity contribution in [2.75, 3.05) is 0 Å². The van der Waals surface area contributed by atoms with E-state index in [0.717, 1.165) is 11.1 Å². The van der Waals surface area contributed by atoms with Crippen LogP contribution in [0.1, 0.15) is 11.1 Å².